The van der Waals surface area contributed by atoms with Gasteiger partial charge in [0.05, 0.1) is 0 Å². The van der Waals surface area contributed by atoms with Gasteiger partial charge in [-0.3, -0.25) is 0 Å². The molecule has 62 valence electrons. The second-order valence-corrected chi connectivity index (χ2v) is 2.54. The van der Waals surface area contributed by atoms with E-state index in [0.717, 1.165) is 6.54 Å². The minimum Gasteiger partial charge on any atom is -0.396 e. The summed E-state index contributed by atoms with van der Waals surface area (Å²) in [5, 5.41) is 11.5. The molecule has 2 N–H and O–H groups in total. The molecule has 4 heteroatoms. The summed E-state index contributed by atoms with van der Waals surface area (Å²) >= 11 is 0. The summed E-state index contributed by atoms with van der Waals surface area (Å²) < 4.78 is 12.4. The number of aliphatic hydroxyl groups excluding tert-OH is 1. The van der Waals surface area contributed by atoms with Gasteiger partial charge < -0.3 is 10.4 Å². The van der Waals surface area contributed by atoms with Crippen molar-refractivity contribution in [2.24, 2.45) is 5.92 Å². The molecule has 0 aromatic heterocycles. The zero-order chi connectivity index (χ0) is 6.69. The Bertz CT molecular complexity index is 93.8. The second-order valence-electron chi connectivity index (χ2n) is 2.54. The molecular weight excluding hydrogens is 157 g/mol. The van der Waals surface area contributed by atoms with E-state index in [-0.39, 0.29) is 24.9 Å². The van der Waals surface area contributed by atoms with Gasteiger partial charge in [0.15, 0.2) is 0 Å². The molecule has 1 heterocycles. The van der Waals surface area contributed by atoms with Gasteiger partial charge in [0, 0.05) is 19.7 Å². The normalized spacial score (nSPS) is 33.0. The maximum atomic E-state index is 12.4. The Labute approximate surface area is 66.2 Å². The first kappa shape index (κ1) is 10.1. The lowest BCUT2D eigenvalue weighted by Gasteiger charge is -2.23. The zero-order valence-corrected chi connectivity index (χ0v) is 6.53. The van der Waals surface area contributed by atoms with E-state index in [1.54, 1.807) is 0 Å². The Balaban J connectivity index is 0.000000810. The standard InChI is InChI=1S/C6H12FNO.ClH/c7-6-1-5(4-9)2-8-3-6;/h5-6,8-9H,1-4H2;1H. The van der Waals surface area contributed by atoms with Crippen LogP contribution in [0.15, 0.2) is 0 Å². The van der Waals surface area contributed by atoms with Gasteiger partial charge in [-0.25, -0.2) is 4.39 Å². The van der Waals surface area contributed by atoms with Crippen molar-refractivity contribution in [1.82, 2.24) is 5.32 Å². The van der Waals surface area contributed by atoms with Crippen LogP contribution in [0.2, 0.25) is 0 Å². The fourth-order valence-electron chi connectivity index (χ4n) is 1.11. The van der Waals surface area contributed by atoms with Gasteiger partial charge in [0.25, 0.3) is 0 Å². The Morgan fingerprint density at radius 3 is 2.60 bits per heavy atom. The van der Waals surface area contributed by atoms with Gasteiger partial charge in [-0.05, 0) is 12.3 Å². The molecule has 1 aliphatic heterocycles. The van der Waals surface area contributed by atoms with Crippen molar-refractivity contribution in [1.29, 1.82) is 0 Å². The summed E-state index contributed by atoms with van der Waals surface area (Å²) in [7, 11) is 0. The van der Waals surface area contributed by atoms with Gasteiger partial charge in [0.2, 0.25) is 0 Å². The van der Waals surface area contributed by atoms with Crippen molar-refractivity contribution in [3.8, 4) is 0 Å². The van der Waals surface area contributed by atoms with Crippen molar-refractivity contribution < 1.29 is 9.50 Å². The number of halogens is 2. The van der Waals surface area contributed by atoms with Gasteiger partial charge in [-0.2, -0.15) is 0 Å². The van der Waals surface area contributed by atoms with E-state index in [0.29, 0.717) is 13.0 Å². The molecule has 0 radical (unpaired) electrons. The fraction of sp³-hybridized carbons (Fsp3) is 1.00. The number of hydrogen-bond donors (Lipinski definition) is 2. The molecule has 0 amide bonds. The van der Waals surface area contributed by atoms with Crippen LogP contribution in [-0.4, -0.2) is 31.0 Å². The highest BCUT2D eigenvalue weighted by Gasteiger charge is 2.19. The molecule has 2 atom stereocenters. The lowest BCUT2D eigenvalue weighted by molar-refractivity contribution is 0.148. The smallest absolute Gasteiger partial charge is 0.113 e. The molecule has 0 aromatic carbocycles. The third-order valence-corrected chi connectivity index (χ3v) is 1.65. The fourth-order valence-corrected chi connectivity index (χ4v) is 1.11. The van der Waals surface area contributed by atoms with Crippen LogP contribution in [0.4, 0.5) is 4.39 Å². The molecule has 1 fully saturated rings. The predicted molar refractivity (Wildman–Crippen MR) is 40.2 cm³/mol. The average Bonchev–Trinajstić information content (AvgIpc) is 1.88. The van der Waals surface area contributed by atoms with Gasteiger partial charge in [-0.15, -0.1) is 12.4 Å². The number of rotatable bonds is 1. The second kappa shape index (κ2) is 4.88. The summed E-state index contributed by atoms with van der Waals surface area (Å²) in [5.74, 6) is 0.133. The first-order valence-electron chi connectivity index (χ1n) is 3.28. The minimum atomic E-state index is -0.754. The van der Waals surface area contributed by atoms with Crippen LogP contribution in [-0.2, 0) is 0 Å². The Morgan fingerprint density at radius 2 is 2.20 bits per heavy atom. The summed E-state index contributed by atoms with van der Waals surface area (Å²) in [4.78, 5) is 0. The molecule has 1 aliphatic rings. The summed E-state index contributed by atoms with van der Waals surface area (Å²) in [6, 6.07) is 0. The van der Waals surface area contributed by atoms with Crippen molar-refractivity contribution >= 4 is 12.4 Å². The quantitative estimate of drug-likeness (QED) is 0.594. The van der Waals surface area contributed by atoms with E-state index in [1.807, 2.05) is 0 Å². The number of alkyl halides is 1. The summed E-state index contributed by atoms with van der Waals surface area (Å²) in [6.07, 6.45) is -0.236. The van der Waals surface area contributed by atoms with Crippen LogP contribution in [0.3, 0.4) is 0 Å². The highest BCUT2D eigenvalue weighted by molar-refractivity contribution is 5.85. The molecule has 10 heavy (non-hydrogen) atoms. The molecular formula is C6H13ClFNO. The van der Waals surface area contributed by atoms with E-state index in [2.05, 4.69) is 5.32 Å². The third-order valence-electron chi connectivity index (χ3n) is 1.65. The average molecular weight is 170 g/mol. The zero-order valence-electron chi connectivity index (χ0n) is 5.72. The molecule has 0 spiro atoms. The molecule has 2 nitrogen and oxygen atoms in total. The van der Waals surface area contributed by atoms with E-state index in [9.17, 15) is 4.39 Å². The van der Waals surface area contributed by atoms with E-state index < -0.39 is 6.17 Å². The predicted octanol–water partition coefficient (Wildman–Crippen LogP) is 0.348. The van der Waals surface area contributed by atoms with E-state index in [4.69, 9.17) is 5.11 Å². The summed E-state index contributed by atoms with van der Waals surface area (Å²) in [6.45, 7) is 1.32. The third kappa shape index (κ3) is 2.82. The Morgan fingerprint density at radius 1 is 1.50 bits per heavy atom. The topological polar surface area (TPSA) is 32.3 Å². The summed E-state index contributed by atoms with van der Waals surface area (Å²) in [5.41, 5.74) is 0. The van der Waals surface area contributed by atoms with E-state index >= 15 is 0 Å². The van der Waals surface area contributed by atoms with Crippen molar-refractivity contribution in [2.75, 3.05) is 19.7 Å². The Kier molecular flexibility index (Phi) is 4.95. The molecule has 0 bridgehead atoms. The van der Waals surface area contributed by atoms with Crippen molar-refractivity contribution in [3.63, 3.8) is 0 Å². The molecule has 1 saturated heterocycles. The molecule has 0 saturated carbocycles. The van der Waals surface area contributed by atoms with Gasteiger partial charge >= 0.3 is 0 Å². The van der Waals surface area contributed by atoms with Crippen LogP contribution < -0.4 is 5.32 Å². The number of aliphatic hydroxyl groups is 1. The lowest BCUT2D eigenvalue weighted by atomic mass is 10.00. The van der Waals surface area contributed by atoms with E-state index in [1.165, 1.54) is 0 Å². The van der Waals surface area contributed by atoms with Crippen molar-refractivity contribution in [2.45, 2.75) is 12.6 Å². The highest BCUT2D eigenvalue weighted by atomic mass is 35.5. The highest BCUT2D eigenvalue weighted by Crippen LogP contribution is 2.11. The van der Waals surface area contributed by atoms with Crippen LogP contribution >= 0.6 is 12.4 Å². The van der Waals surface area contributed by atoms with Crippen LogP contribution in [0.1, 0.15) is 6.42 Å². The van der Waals surface area contributed by atoms with Crippen molar-refractivity contribution in [3.05, 3.63) is 0 Å². The first-order valence-corrected chi connectivity index (χ1v) is 3.28. The number of piperidine rings is 1. The minimum absolute atomic E-state index is 0. The van der Waals surface area contributed by atoms with Crippen LogP contribution in [0, 0.1) is 5.92 Å². The molecule has 1 rings (SSSR count). The van der Waals surface area contributed by atoms with Gasteiger partial charge in [-0.1, -0.05) is 0 Å². The van der Waals surface area contributed by atoms with Crippen LogP contribution in [0.5, 0.6) is 0 Å². The number of hydrogen-bond acceptors (Lipinski definition) is 2. The molecule has 2 unspecified atom stereocenters. The Hall–Kier alpha value is 0.140. The maximum Gasteiger partial charge on any atom is 0.113 e. The van der Waals surface area contributed by atoms with Crippen LogP contribution in [0.25, 0.3) is 0 Å². The largest absolute Gasteiger partial charge is 0.396 e. The monoisotopic (exact) mass is 169 g/mol. The molecule has 0 aromatic rings. The molecule has 0 aliphatic carbocycles. The first-order chi connectivity index (χ1) is 4.33. The SMILES string of the molecule is Cl.OCC1CNCC(F)C1. The van der Waals surface area contributed by atoms with Gasteiger partial charge in [0.1, 0.15) is 6.17 Å². The lowest BCUT2D eigenvalue weighted by Crippen LogP contribution is -2.38. The maximum absolute atomic E-state index is 12.4. The number of nitrogens with one attached hydrogen (secondary N) is 1.